The van der Waals surface area contributed by atoms with Crippen LogP contribution < -0.4 is 4.74 Å². The van der Waals surface area contributed by atoms with Crippen molar-refractivity contribution < 1.29 is 19.4 Å². The molecule has 0 aliphatic carbocycles. The van der Waals surface area contributed by atoms with Crippen molar-refractivity contribution in [1.29, 1.82) is 0 Å². The molecule has 0 unspecified atom stereocenters. The van der Waals surface area contributed by atoms with E-state index < -0.39 is 15.6 Å². The van der Waals surface area contributed by atoms with E-state index in [-0.39, 0.29) is 28.3 Å². The Hall–Kier alpha value is -4.07. The fourth-order valence-electron chi connectivity index (χ4n) is 2.40. The normalized spacial score (nSPS) is 10.2. The monoisotopic (exact) mass is 364 g/mol. The summed E-state index contributed by atoms with van der Waals surface area (Å²) in [4.78, 5) is 33.4. The number of ketones is 1. The van der Waals surface area contributed by atoms with Gasteiger partial charge in [-0.3, -0.25) is 25.0 Å². The highest BCUT2D eigenvalue weighted by atomic mass is 16.6. The average Bonchev–Trinajstić information content (AvgIpc) is 2.68. The van der Waals surface area contributed by atoms with Gasteiger partial charge in [0.15, 0.2) is 5.78 Å². The lowest BCUT2D eigenvalue weighted by molar-refractivity contribution is -0.385. The van der Waals surface area contributed by atoms with Gasteiger partial charge in [0.05, 0.1) is 9.85 Å². The zero-order valence-electron chi connectivity index (χ0n) is 13.8. The third kappa shape index (κ3) is 3.96. The largest absolute Gasteiger partial charge is 0.450 e. The molecule has 0 radical (unpaired) electrons. The zero-order valence-corrected chi connectivity index (χ0v) is 13.8. The first-order valence-electron chi connectivity index (χ1n) is 7.76. The average molecular weight is 364 g/mol. The zero-order chi connectivity index (χ0) is 19.4. The first-order chi connectivity index (χ1) is 13.0. The van der Waals surface area contributed by atoms with Gasteiger partial charge in [-0.05, 0) is 36.4 Å². The lowest BCUT2D eigenvalue weighted by Gasteiger charge is -2.08. The standard InChI is InChI=1S/C19H12N2O6/c22-19(13-6-9-15(10-7-13)20(23)24)14-8-11-18(17(12-14)21(25)26)27-16-4-2-1-3-5-16/h1-12H. The minimum Gasteiger partial charge on any atom is -0.450 e. The Labute approximate surface area is 152 Å². The van der Waals surface area contributed by atoms with Crippen LogP contribution in [0.15, 0.2) is 72.8 Å². The highest BCUT2D eigenvalue weighted by Gasteiger charge is 2.20. The van der Waals surface area contributed by atoms with E-state index in [1.165, 1.54) is 36.4 Å². The second-order valence-electron chi connectivity index (χ2n) is 5.49. The Kier molecular flexibility index (Phi) is 4.89. The van der Waals surface area contributed by atoms with Crippen molar-refractivity contribution in [2.45, 2.75) is 0 Å². The van der Waals surface area contributed by atoms with Crippen LogP contribution in [0, 0.1) is 20.2 Å². The van der Waals surface area contributed by atoms with Crippen LogP contribution in [-0.2, 0) is 0 Å². The van der Waals surface area contributed by atoms with Crippen molar-refractivity contribution in [3.05, 3.63) is 104 Å². The molecule has 0 saturated carbocycles. The highest BCUT2D eigenvalue weighted by molar-refractivity contribution is 6.09. The topological polar surface area (TPSA) is 113 Å². The maximum Gasteiger partial charge on any atom is 0.312 e. The molecule has 8 nitrogen and oxygen atoms in total. The van der Waals surface area contributed by atoms with E-state index in [2.05, 4.69) is 0 Å². The molecule has 3 aromatic rings. The molecule has 0 aromatic heterocycles. The fraction of sp³-hybridized carbons (Fsp3) is 0. The summed E-state index contributed by atoms with van der Waals surface area (Å²) in [6.45, 7) is 0. The number of nitro groups is 2. The minimum absolute atomic E-state index is 0.00597. The number of hydrogen-bond acceptors (Lipinski definition) is 6. The van der Waals surface area contributed by atoms with Gasteiger partial charge in [0, 0.05) is 29.3 Å². The number of non-ortho nitro benzene ring substituents is 1. The van der Waals surface area contributed by atoms with Crippen LogP contribution in [0.3, 0.4) is 0 Å². The van der Waals surface area contributed by atoms with E-state index in [9.17, 15) is 25.0 Å². The van der Waals surface area contributed by atoms with Crippen LogP contribution >= 0.6 is 0 Å². The first-order valence-corrected chi connectivity index (χ1v) is 7.76. The number of carbonyl (C=O) groups excluding carboxylic acids is 1. The van der Waals surface area contributed by atoms with Crippen LogP contribution in [-0.4, -0.2) is 15.6 Å². The van der Waals surface area contributed by atoms with E-state index in [1.807, 2.05) is 0 Å². The third-order valence-electron chi connectivity index (χ3n) is 3.73. The SMILES string of the molecule is O=C(c1ccc([N+](=O)[O-])cc1)c1ccc(Oc2ccccc2)c([N+](=O)[O-])c1. The number of para-hydroxylation sites is 1. The van der Waals surface area contributed by atoms with Gasteiger partial charge in [-0.1, -0.05) is 18.2 Å². The second-order valence-corrected chi connectivity index (χ2v) is 5.49. The predicted octanol–water partition coefficient (Wildman–Crippen LogP) is 4.53. The Morgan fingerprint density at radius 3 is 2.00 bits per heavy atom. The molecule has 0 fully saturated rings. The number of carbonyl (C=O) groups is 1. The van der Waals surface area contributed by atoms with Crippen molar-refractivity contribution >= 4 is 17.2 Å². The molecule has 8 heteroatoms. The van der Waals surface area contributed by atoms with Crippen LogP contribution in [0.2, 0.25) is 0 Å². The van der Waals surface area contributed by atoms with Crippen molar-refractivity contribution in [1.82, 2.24) is 0 Å². The van der Waals surface area contributed by atoms with E-state index in [0.29, 0.717) is 5.75 Å². The lowest BCUT2D eigenvalue weighted by atomic mass is 10.0. The Morgan fingerprint density at radius 1 is 0.778 bits per heavy atom. The summed E-state index contributed by atoms with van der Waals surface area (Å²) in [6, 6.07) is 17.5. The minimum atomic E-state index is -0.634. The molecule has 0 atom stereocenters. The summed E-state index contributed by atoms with van der Waals surface area (Å²) in [5, 5.41) is 22.1. The van der Waals surface area contributed by atoms with Crippen molar-refractivity contribution in [3.8, 4) is 11.5 Å². The molecule has 134 valence electrons. The van der Waals surface area contributed by atoms with Gasteiger partial charge in [0.25, 0.3) is 5.69 Å². The fourth-order valence-corrected chi connectivity index (χ4v) is 2.40. The van der Waals surface area contributed by atoms with Crippen LogP contribution in [0.1, 0.15) is 15.9 Å². The summed E-state index contributed by atoms with van der Waals surface area (Å²) in [5.74, 6) is -0.0549. The molecule has 3 aromatic carbocycles. The van der Waals surface area contributed by atoms with E-state index in [0.717, 1.165) is 6.07 Å². The van der Waals surface area contributed by atoms with E-state index >= 15 is 0 Å². The molecule has 0 aliphatic rings. The number of rotatable bonds is 6. The van der Waals surface area contributed by atoms with Crippen LogP contribution in [0.25, 0.3) is 0 Å². The molecular formula is C19H12N2O6. The maximum atomic E-state index is 12.5. The number of nitrogens with zero attached hydrogens (tertiary/aromatic N) is 2. The Balaban J connectivity index is 1.92. The van der Waals surface area contributed by atoms with Gasteiger partial charge in [-0.2, -0.15) is 0 Å². The van der Waals surface area contributed by atoms with E-state index in [1.54, 1.807) is 30.3 Å². The number of nitro benzene ring substituents is 2. The Bertz CT molecular complexity index is 1020. The molecule has 0 aliphatic heterocycles. The van der Waals surface area contributed by atoms with Gasteiger partial charge in [-0.15, -0.1) is 0 Å². The lowest BCUT2D eigenvalue weighted by Crippen LogP contribution is -2.03. The van der Waals surface area contributed by atoms with Crippen LogP contribution in [0.5, 0.6) is 11.5 Å². The molecule has 3 rings (SSSR count). The first kappa shape index (κ1) is 17.7. The van der Waals surface area contributed by atoms with Crippen molar-refractivity contribution in [2.75, 3.05) is 0 Å². The summed E-state index contributed by atoms with van der Waals surface area (Å²) in [7, 11) is 0. The summed E-state index contributed by atoms with van der Waals surface area (Å²) >= 11 is 0. The molecule has 27 heavy (non-hydrogen) atoms. The molecule has 0 N–H and O–H groups in total. The summed E-state index contributed by atoms with van der Waals surface area (Å²) in [5.41, 5.74) is -0.238. The number of hydrogen-bond donors (Lipinski definition) is 0. The second kappa shape index (κ2) is 7.44. The molecule has 0 heterocycles. The van der Waals surface area contributed by atoms with Gasteiger partial charge in [-0.25, -0.2) is 0 Å². The molecule has 0 amide bonds. The predicted molar refractivity (Wildman–Crippen MR) is 96.1 cm³/mol. The van der Waals surface area contributed by atoms with Gasteiger partial charge in [0.1, 0.15) is 5.75 Å². The number of benzene rings is 3. The highest BCUT2D eigenvalue weighted by Crippen LogP contribution is 2.32. The molecule has 0 bridgehead atoms. The van der Waals surface area contributed by atoms with Gasteiger partial charge in [0.2, 0.25) is 5.75 Å². The van der Waals surface area contributed by atoms with Crippen molar-refractivity contribution in [3.63, 3.8) is 0 Å². The molecular weight excluding hydrogens is 352 g/mol. The Morgan fingerprint density at radius 2 is 1.41 bits per heavy atom. The smallest absolute Gasteiger partial charge is 0.312 e. The number of ether oxygens (including phenoxy) is 1. The van der Waals surface area contributed by atoms with Gasteiger partial charge >= 0.3 is 5.69 Å². The summed E-state index contributed by atoms with van der Waals surface area (Å²) < 4.78 is 5.53. The molecule has 0 saturated heterocycles. The van der Waals surface area contributed by atoms with Crippen molar-refractivity contribution in [2.24, 2.45) is 0 Å². The van der Waals surface area contributed by atoms with Crippen LogP contribution in [0.4, 0.5) is 11.4 Å². The molecule has 0 spiro atoms. The summed E-state index contributed by atoms with van der Waals surface area (Å²) in [6.07, 6.45) is 0. The third-order valence-corrected chi connectivity index (χ3v) is 3.73. The van der Waals surface area contributed by atoms with E-state index in [4.69, 9.17) is 4.74 Å². The quantitative estimate of drug-likeness (QED) is 0.361. The maximum absolute atomic E-state index is 12.5. The van der Waals surface area contributed by atoms with Gasteiger partial charge < -0.3 is 4.74 Å².